The molecule has 96 valence electrons. The molecule has 1 saturated heterocycles. The van der Waals surface area contributed by atoms with Crippen LogP contribution in [0.15, 0.2) is 30.3 Å². The summed E-state index contributed by atoms with van der Waals surface area (Å²) in [7, 11) is 0. The maximum atomic E-state index is 11.8. The van der Waals surface area contributed by atoms with Crippen molar-refractivity contribution in [1.82, 2.24) is 10.2 Å². The lowest BCUT2D eigenvalue weighted by Crippen LogP contribution is -2.39. The van der Waals surface area contributed by atoms with E-state index in [1.165, 1.54) is 4.90 Å². The first-order valence-electron chi connectivity index (χ1n) is 5.99. The van der Waals surface area contributed by atoms with Crippen LogP contribution in [0.5, 0.6) is 0 Å². The zero-order valence-corrected chi connectivity index (χ0v) is 10.1. The average molecular weight is 248 g/mol. The summed E-state index contributed by atoms with van der Waals surface area (Å²) >= 11 is 0. The van der Waals surface area contributed by atoms with Crippen LogP contribution in [0.4, 0.5) is 4.79 Å². The molecule has 1 aromatic carbocycles. The first kappa shape index (κ1) is 12.6. The summed E-state index contributed by atoms with van der Waals surface area (Å²) in [6.07, 6.45) is 0.194. The maximum Gasteiger partial charge on any atom is 0.416 e. The van der Waals surface area contributed by atoms with Crippen molar-refractivity contribution in [3.63, 3.8) is 0 Å². The Balaban J connectivity index is 1.89. The van der Waals surface area contributed by atoms with E-state index in [0.717, 1.165) is 18.5 Å². The fourth-order valence-corrected chi connectivity index (χ4v) is 1.77. The standard InChI is InChI=1S/C13H16N2O3/c16-12-9-14-7-4-8-15(12)13(17)18-10-11-5-2-1-3-6-11/h1-3,5-6,14H,4,7-10H2. The zero-order valence-electron chi connectivity index (χ0n) is 10.1. The van der Waals surface area contributed by atoms with Crippen molar-refractivity contribution in [2.75, 3.05) is 19.6 Å². The highest BCUT2D eigenvalue weighted by atomic mass is 16.6. The molecular weight excluding hydrogens is 232 g/mol. The van der Waals surface area contributed by atoms with Gasteiger partial charge in [-0.25, -0.2) is 9.69 Å². The van der Waals surface area contributed by atoms with Gasteiger partial charge in [-0.2, -0.15) is 0 Å². The van der Waals surface area contributed by atoms with E-state index >= 15 is 0 Å². The second-order valence-corrected chi connectivity index (χ2v) is 4.12. The van der Waals surface area contributed by atoms with Crippen molar-refractivity contribution in [3.05, 3.63) is 35.9 Å². The van der Waals surface area contributed by atoms with Gasteiger partial charge < -0.3 is 10.1 Å². The van der Waals surface area contributed by atoms with E-state index in [-0.39, 0.29) is 19.1 Å². The zero-order chi connectivity index (χ0) is 12.8. The third kappa shape index (κ3) is 3.30. The number of carbonyl (C=O) groups excluding carboxylic acids is 2. The van der Waals surface area contributed by atoms with Gasteiger partial charge in [0.15, 0.2) is 0 Å². The number of amides is 2. The van der Waals surface area contributed by atoms with Gasteiger partial charge in [-0.15, -0.1) is 0 Å². The third-order valence-corrected chi connectivity index (χ3v) is 2.74. The number of imide groups is 1. The summed E-state index contributed by atoms with van der Waals surface area (Å²) in [5.41, 5.74) is 0.909. The first-order chi connectivity index (χ1) is 8.77. The summed E-state index contributed by atoms with van der Waals surface area (Å²) in [6.45, 7) is 1.55. The van der Waals surface area contributed by atoms with Crippen molar-refractivity contribution < 1.29 is 14.3 Å². The Morgan fingerprint density at radius 3 is 2.89 bits per heavy atom. The highest BCUT2D eigenvalue weighted by molar-refractivity contribution is 5.93. The molecule has 1 fully saturated rings. The highest BCUT2D eigenvalue weighted by Gasteiger charge is 2.23. The van der Waals surface area contributed by atoms with Gasteiger partial charge in [0, 0.05) is 6.54 Å². The predicted molar refractivity (Wildman–Crippen MR) is 65.8 cm³/mol. The quantitative estimate of drug-likeness (QED) is 0.852. The first-order valence-corrected chi connectivity index (χ1v) is 5.99. The summed E-state index contributed by atoms with van der Waals surface area (Å²) < 4.78 is 5.13. The van der Waals surface area contributed by atoms with E-state index < -0.39 is 6.09 Å². The molecule has 2 rings (SSSR count). The minimum atomic E-state index is -0.562. The largest absolute Gasteiger partial charge is 0.444 e. The van der Waals surface area contributed by atoms with Crippen molar-refractivity contribution in [2.24, 2.45) is 0 Å². The second-order valence-electron chi connectivity index (χ2n) is 4.12. The van der Waals surface area contributed by atoms with Crippen LogP contribution in [0.2, 0.25) is 0 Å². The molecule has 0 aromatic heterocycles. The molecule has 1 aliphatic rings. The van der Waals surface area contributed by atoms with E-state index in [2.05, 4.69) is 5.32 Å². The van der Waals surface area contributed by atoms with Gasteiger partial charge in [0.25, 0.3) is 0 Å². The van der Waals surface area contributed by atoms with Gasteiger partial charge >= 0.3 is 6.09 Å². The van der Waals surface area contributed by atoms with Gasteiger partial charge in [0.2, 0.25) is 5.91 Å². The van der Waals surface area contributed by atoms with E-state index in [0.29, 0.717) is 6.54 Å². The van der Waals surface area contributed by atoms with Crippen LogP contribution < -0.4 is 5.32 Å². The minimum absolute atomic E-state index is 0.191. The lowest BCUT2D eigenvalue weighted by molar-refractivity contribution is -0.128. The van der Waals surface area contributed by atoms with Crippen LogP contribution in [-0.4, -0.2) is 36.5 Å². The second kappa shape index (κ2) is 6.16. The van der Waals surface area contributed by atoms with Crippen LogP contribution in [-0.2, 0) is 16.1 Å². The number of carbonyl (C=O) groups is 2. The molecule has 18 heavy (non-hydrogen) atoms. The van der Waals surface area contributed by atoms with E-state index in [4.69, 9.17) is 4.74 Å². The van der Waals surface area contributed by atoms with Crippen molar-refractivity contribution in [2.45, 2.75) is 13.0 Å². The molecule has 1 aromatic rings. The van der Waals surface area contributed by atoms with E-state index in [1.807, 2.05) is 30.3 Å². The molecule has 0 atom stereocenters. The number of nitrogens with one attached hydrogen (secondary N) is 1. The Hall–Kier alpha value is -1.88. The molecule has 0 saturated carbocycles. The number of hydrogen-bond donors (Lipinski definition) is 1. The van der Waals surface area contributed by atoms with Crippen molar-refractivity contribution >= 4 is 12.0 Å². The molecule has 2 amide bonds. The number of benzene rings is 1. The Morgan fingerprint density at radius 2 is 2.11 bits per heavy atom. The van der Waals surface area contributed by atoms with Gasteiger partial charge in [-0.3, -0.25) is 4.79 Å². The maximum absolute atomic E-state index is 11.8. The predicted octanol–water partition coefficient (Wildman–Crippen LogP) is 1.15. The average Bonchev–Trinajstić information content (AvgIpc) is 2.62. The van der Waals surface area contributed by atoms with Crippen LogP contribution >= 0.6 is 0 Å². The minimum Gasteiger partial charge on any atom is -0.444 e. The smallest absolute Gasteiger partial charge is 0.416 e. The molecule has 5 nitrogen and oxygen atoms in total. The molecule has 0 unspecified atom stereocenters. The number of hydrogen-bond acceptors (Lipinski definition) is 4. The van der Waals surface area contributed by atoms with Crippen LogP contribution in [0.25, 0.3) is 0 Å². The molecule has 0 bridgehead atoms. The Bertz CT molecular complexity index is 420. The Kier molecular flexibility index (Phi) is 4.30. The van der Waals surface area contributed by atoms with Crippen molar-refractivity contribution in [1.29, 1.82) is 0 Å². The Labute approximate surface area is 106 Å². The number of ether oxygens (including phenoxy) is 1. The molecule has 1 N–H and O–H groups in total. The van der Waals surface area contributed by atoms with E-state index in [9.17, 15) is 9.59 Å². The molecule has 5 heteroatoms. The molecule has 0 spiro atoms. The van der Waals surface area contributed by atoms with Gasteiger partial charge in [-0.1, -0.05) is 30.3 Å². The van der Waals surface area contributed by atoms with Gasteiger partial charge in [0.1, 0.15) is 6.61 Å². The summed E-state index contributed by atoms with van der Waals surface area (Å²) in [5, 5.41) is 2.96. The molecule has 0 radical (unpaired) electrons. The molecule has 1 aliphatic heterocycles. The summed E-state index contributed by atoms with van der Waals surface area (Å²) in [5.74, 6) is -0.231. The fraction of sp³-hybridized carbons (Fsp3) is 0.385. The van der Waals surface area contributed by atoms with Gasteiger partial charge in [0.05, 0.1) is 6.54 Å². The lowest BCUT2D eigenvalue weighted by atomic mass is 10.2. The molecular formula is C13H16N2O3. The van der Waals surface area contributed by atoms with Crippen LogP contribution in [0.1, 0.15) is 12.0 Å². The summed E-state index contributed by atoms with van der Waals surface area (Å²) in [4.78, 5) is 24.6. The molecule has 0 aliphatic carbocycles. The number of nitrogens with zero attached hydrogens (tertiary/aromatic N) is 1. The highest BCUT2D eigenvalue weighted by Crippen LogP contribution is 2.05. The molecule has 1 heterocycles. The fourth-order valence-electron chi connectivity index (χ4n) is 1.77. The van der Waals surface area contributed by atoms with Crippen molar-refractivity contribution in [3.8, 4) is 0 Å². The topological polar surface area (TPSA) is 58.6 Å². The van der Waals surface area contributed by atoms with Crippen LogP contribution in [0.3, 0.4) is 0 Å². The monoisotopic (exact) mass is 248 g/mol. The van der Waals surface area contributed by atoms with E-state index in [1.54, 1.807) is 0 Å². The summed E-state index contributed by atoms with van der Waals surface area (Å²) in [6, 6.07) is 9.40. The lowest BCUT2D eigenvalue weighted by Gasteiger charge is -2.17. The van der Waals surface area contributed by atoms with Crippen LogP contribution in [0, 0.1) is 0 Å². The third-order valence-electron chi connectivity index (χ3n) is 2.74. The Morgan fingerprint density at radius 1 is 1.33 bits per heavy atom. The normalized spacial score (nSPS) is 16.2. The van der Waals surface area contributed by atoms with Gasteiger partial charge in [-0.05, 0) is 18.5 Å². The SMILES string of the molecule is O=C1CNCCCN1C(=O)OCc1ccccc1. The number of rotatable bonds is 2.